The number of phenols is 4. The third kappa shape index (κ3) is 11.0. The van der Waals surface area contributed by atoms with E-state index in [0.29, 0.717) is 33.8 Å². The van der Waals surface area contributed by atoms with Crippen molar-refractivity contribution in [1.82, 2.24) is 0 Å². The Kier molecular flexibility index (Phi) is 13.2. The van der Waals surface area contributed by atoms with E-state index in [1.54, 1.807) is 12.1 Å². The van der Waals surface area contributed by atoms with Crippen LogP contribution in [0.3, 0.4) is 0 Å². The molecule has 2 aromatic rings. The van der Waals surface area contributed by atoms with E-state index < -0.39 is 10.8 Å². The van der Waals surface area contributed by atoms with Gasteiger partial charge in [-0.05, 0) is 57.8 Å². The molecule has 0 radical (unpaired) electrons. The minimum atomic E-state index is -0.488. The predicted molar refractivity (Wildman–Crippen MR) is 190 cm³/mol. The van der Waals surface area contributed by atoms with E-state index in [1.165, 1.54) is 11.8 Å². The van der Waals surface area contributed by atoms with E-state index in [4.69, 9.17) is 9.47 Å². The van der Waals surface area contributed by atoms with E-state index in [-0.39, 0.29) is 84.7 Å². The van der Waals surface area contributed by atoms with Gasteiger partial charge in [-0.1, -0.05) is 83.1 Å². The van der Waals surface area contributed by atoms with Crippen LogP contribution in [0.25, 0.3) is 0 Å². The van der Waals surface area contributed by atoms with Gasteiger partial charge in [0.05, 0.1) is 0 Å². The molecule has 0 saturated heterocycles. The van der Waals surface area contributed by atoms with Gasteiger partial charge in [-0.2, -0.15) is 11.8 Å². The van der Waals surface area contributed by atoms with Gasteiger partial charge >= 0.3 is 11.9 Å². The zero-order valence-electron chi connectivity index (χ0n) is 30.6. The molecule has 0 atom stereocenters. The molecule has 0 bridgehead atoms. The van der Waals surface area contributed by atoms with Crippen LogP contribution in [-0.4, -0.2) is 57.1 Å². The van der Waals surface area contributed by atoms with E-state index in [9.17, 15) is 30.0 Å². The molecule has 0 aromatic heterocycles. The van der Waals surface area contributed by atoms with Crippen molar-refractivity contribution in [2.75, 3.05) is 24.7 Å². The summed E-state index contributed by atoms with van der Waals surface area (Å²) in [7, 11) is 0. The van der Waals surface area contributed by atoms with Crippen LogP contribution in [0.5, 0.6) is 23.0 Å². The van der Waals surface area contributed by atoms with Gasteiger partial charge in [0.15, 0.2) is 0 Å². The highest BCUT2D eigenvalue weighted by Crippen LogP contribution is 2.47. The molecular formula is C38H58O8S. The molecule has 0 aliphatic carbocycles. The zero-order valence-corrected chi connectivity index (χ0v) is 31.5. The summed E-state index contributed by atoms with van der Waals surface area (Å²) in [6.07, 6.45) is 0.770. The highest BCUT2D eigenvalue weighted by molar-refractivity contribution is 7.99. The summed E-state index contributed by atoms with van der Waals surface area (Å²) in [5, 5.41) is 43.8. The largest absolute Gasteiger partial charge is 0.507 e. The van der Waals surface area contributed by atoms with Gasteiger partial charge in [0.1, 0.15) is 36.2 Å². The summed E-state index contributed by atoms with van der Waals surface area (Å²) in [6.45, 7) is 24.0. The standard InChI is InChI=1S/C38H58O8S/c1-35(2,3)25-21-23(31(41)29(33(25)43)37(7,8)9)13-15-27(39)45-17-19-47-20-18-46-28(40)16-14-24-22-26(36(4,5)6)34(44)30(32(24)42)38(10,11)12/h21-22,41-44H,13-20H2,1-12H3. The Balaban J connectivity index is 1.82. The lowest BCUT2D eigenvalue weighted by atomic mass is 9.77. The Morgan fingerprint density at radius 1 is 0.553 bits per heavy atom. The van der Waals surface area contributed by atoms with Gasteiger partial charge in [-0.25, -0.2) is 0 Å². The number of ether oxygens (including phenoxy) is 2. The molecule has 0 saturated carbocycles. The molecule has 0 unspecified atom stereocenters. The van der Waals surface area contributed by atoms with Crippen molar-refractivity contribution in [2.24, 2.45) is 0 Å². The van der Waals surface area contributed by atoms with Gasteiger partial charge in [0, 0.05) is 46.6 Å². The molecule has 47 heavy (non-hydrogen) atoms. The molecule has 0 amide bonds. The molecule has 9 heteroatoms. The number of benzene rings is 2. The lowest BCUT2D eigenvalue weighted by molar-refractivity contribution is -0.143. The Labute approximate surface area is 286 Å². The Bertz CT molecular complexity index is 1310. The minimum Gasteiger partial charge on any atom is -0.507 e. The second-order valence-electron chi connectivity index (χ2n) is 16.4. The minimum absolute atomic E-state index is 0.0186. The topological polar surface area (TPSA) is 134 Å². The van der Waals surface area contributed by atoms with Crippen molar-refractivity contribution < 1.29 is 39.5 Å². The first-order valence-electron chi connectivity index (χ1n) is 16.4. The molecule has 2 rings (SSSR count). The molecule has 8 nitrogen and oxygen atoms in total. The second-order valence-corrected chi connectivity index (χ2v) is 17.6. The molecular weight excluding hydrogens is 616 g/mol. The third-order valence-electron chi connectivity index (χ3n) is 8.00. The molecule has 2 aromatic carbocycles. The van der Waals surface area contributed by atoms with E-state index in [2.05, 4.69) is 0 Å². The highest BCUT2D eigenvalue weighted by Gasteiger charge is 2.32. The molecule has 264 valence electrons. The molecule has 0 spiro atoms. The first-order chi connectivity index (χ1) is 21.4. The maximum absolute atomic E-state index is 12.5. The fourth-order valence-corrected chi connectivity index (χ4v) is 6.14. The monoisotopic (exact) mass is 674 g/mol. The quantitative estimate of drug-likeness (QED) is 0.130. The number of phenolic OH excluding ortho intramolecular Hbond substituents is 4. The molecule has 0 heterocycles. The number of aromatic hydroxyl groups is 4. The predicted octanol–water partition coefficient (Wildman–Crippen LogP) is 8.08. The molecule has 0 aliphatic heterocycles. The lowest BCUT2D eigenvalue weighted by Crippen LogP contribution is -2.18. The lowest BCUT2D eigenvalue weighted by Gasteiger charge is -2.29. The molecule has 0 fully saturated rings. The van der Waals surface area contributed by atoms with Crippen LogP contribution in [0.4, 0.5) is 0 Å². The number of thioether (sulfide) groups is 1. The van der Waals surface area contributed by atoms with Crippen LogP contribution in [0.2, 0.25) is 0 Å². The van der Waals surface area contributed by atoms with E-state index in [1.807, 2.05) is 83.1 Å². The van der Waals surface area contributed by atoms with Crippen LogP contribution in [-0.2, 0) is 53.6 Å². The van der Waals surface area contributed by atoms with Crippen molar-refractivity contribution in [3.8, 4) is 23.0 Å². The van der Waals surface area contributed by atoms with Crippen LogP contribution in [0.15, 0.2) is 12.1 Å². The summed E-state index contributed by atoms with van der Waals surface area (Å²) < 4.78 is 10.8. The highest BCUT2D eigenvalue weighted by atomic mass is 32.2. The van der Waals surface area contributed by atoms with E-state index in [0.717, 1.165) is 11.1 Å². The first kappa shape index (κ1) is 40.1. The summed E-state index contributed by atoms with van der Waals surface area (Å²) in [5.74, 6) is 0.567. The van der Waals surface area contributed by atoms with Crippen molar-refractivity contribution in [3.05, 3.63) is 45.5 Å². The normalized spacial score (nSPS) is 12.7. The third-order valence-corrected chi connectivity index (χ3v) is 8.91. The Morgan fingerprint density at radius 2 is 0.872 bits per heavy atom. The van der Waals surface area contributed by atoms with Gasteiger partial charge in [-0.15, -0.1) is 0 Å². The van der Waals surface area contributed by atoms with Gasteiger partial charge < -0.3 is 29.9 Å². The number of hydrogen-bond donors (Lipinski definition) is 4. The summed E-state index contributed by atoms with van der Waals surface area (Å²) in [6, 6.07) is 3.56. The van der Waals surface area contributed by atoms with Gasteiger partial charge in [0.2, 0.25) is 0 Å². The fraction of sp³-hybridized carbons (Fsp3) is 0.632. The van der Waals surface area contributed by atoms with Crippen molar-refractivity contribution >= 4 is 23.7 Å². The van der Waals surface area contributed by atoms with Gasteiger partial charge in [-0.3, -0.25) is 9.59 Å². The van der Waals surface area contributed by atoms with Crippen LogP contribution in [0, 0.1) is 0 Å². The number of carbonyl (C=O) groups is 2. The Morgan fingerprint density at radius 3 is 1.15 bits per heavy atom. The Hall–Kier alpha value is -3.07. The van der Waals surface area contributed by atoms with Gasteiger partial charge in [0.25, 0.3) is 0 Å². The van der Waals surface area contributed by atoms with Crippen LogP contribution in [0.1, 0.15) is 129 Å². The molecule has 0 aliphatic rings. The number of hydrogen-bond acceptors (Lipinski definition) is 9. The SMILES string of the molecule is CC(C)(C)c1cc(CCC(=O)OCCSCCOC(=O)CCc2cc(C(C)(C)C)c(O)c(C(C)(C)C)c2O)c(O)c(C(C)(C)C)c1O. The molecule has 4 N–H and O–H groups in total. The first-order valence-corrected chi connectivity index (χ1v) is 17.6. The zero-order chi connectivity index (χ0) is 36.1. The number of aryl methyl sites for hydroxylation is 2. The van der Waals surface area contributed by atoms with Crippen molar-refractivity contribution in [2.45, 2.75) is 130 Å². The average molecular weight is 675 g/mol. The van der Waals surface area contributed by atoms with E-state index >= 15 is 0 Å². The smallest absolute Gasteiger partial charge is 0.306 e. The summed E-state index contributed by atoms with van der Waals surface area (Å²) in [5.41, 5.74) is 1.96. The maximum atomic E-state index is 12.5. The summed E-state index contributed by atoms with van der Waals surface area (Å²) in [4.78, 5) is 24.9. The number of rotatable bonds is 12. The van der Waals surface area contributed by atoms with Crippen molar-refractivity contribution in [1.29, 1.82) is 0 Å². The number of esters is 2. The maximum Gasteiger partial charge on any atom is 0.306 e. The van der Waals surface area contributed by atoms with Crippen LogP contribution >= 0.6 is 11.8 Å². The second kappa shape index (κ2) is 15.4. The summed E-state index contributed by atoms with van der Waals surface area (Å²) >= 11 is 1.50. The fourth-order valence-electron chi connectivity index (χ4n) is 5.53. The van der Waals surface area contributed by atoms with Crippen molar-refractivity contribution in [3.63, 3.8) is 0 Å². The average Bonchev–Trinajstić information content (AvgIpc) is 2.88. The number of carbonyl (C=O) groups excluding carboxylic acids is 2. The van der Waals surface area contributed by atoms with Crippen LogP contribution < -0.4 is 0 Å².